The number of aromatic nitrogens is 3. The van der Waals surface area contributed by atoms with E-state index in [-0.39, 0.29) is 0 Å². The molecule has 1 aliphatic rings. The van der Waals surface area contributed by atoms with Gasteiger partial charge in [-0.25, -0.2) is 9.97 Å². The van der Waals surface area contributed by atoms with E-state index in [0.717, 1.165) is 30.3 Å². The maximum Gasteiger partial charge on any atom is 0.136 e. The first-order chi connectivity index (χ1) is 9.72. The predicted octanol–water partition coefficient (Wildman–Crippen LogP) is 2.01. The summed E-state index contributed by atoms with van der Waals surface area (Å²) in [4.78, 5) is 15.4. The second kappa shape index (κ2) is 5.45. The van der Waals surface area contributed by atoms with Gasteiger partial charge >= 0.3 is 0 Å². The van der Waals surface area contributed by atoms with Crippen molar-refractivity contribution in [3.8, 4) is 0 Å². The van der Waals surface area contributed by atoms with Gasteiger partial charge in [0.15, 0.2) is 0 Å². The summed E-state index contributed by atoms with van der Waals surface area (Å²) in [6.45, 7) is 0.859. The van der Waals surface area contributed by atoms with E-state index in [9.17, 15) is 0 Å². The number of rotatable bonds is 5. The zero-order valence-corrected chi connectivity index (χ0v) is 11.7. The van der Waals surface area contributed by atoms with E-state index < -0.39 is 0 Å². The normalized spacial score (nSPS) is 14.2. The Balaban J connectivity index is 1.68. The average molecular weight is 269 g/mol. The summed E-state index contributed by atoms with van der Waals surface area (Å²) < 4.78 is 0. The molecular formula is C15H19N5. The number of nitrogens with two attached hydrogens (primary N) is 1. The van der Waals surface area contributed by atoms with Gasteiger partial charge in [0.1, 0.15) is 17.5 Å². The third kappa shape index (κ3) is 3.04. The molecule has 2 heterocycles. The Labute approximate surface area is 118 Å². The molecule has 0 bridgehead atoms. The van der Waals surface area contributed by atoms with Crippen LogP contribution in [0.15, 0.2) is 30.5 Å². The van der Waals surface area contributed by atoms with Crippen LogP contribution in [-0.2, 0) is 6.42 Å². The summed E-state index contributed by atoms with van der Waals surface area (Å²) >= 11 is 0. The highest BCUT2D eigenvalue weighted by Crippen LogP contribution is 2.38. The van der Waals surface area contributed by atoms with Gasteiger partial charge in [0.25, 0.3) is 0 Å². The molecule has 104 valence electrons. The van der Waals surface area contributed by atoms with Crippen molar-refractivity contribution in [2.45, 2.75) is 25.2 Å². The van der Waals surface area contributed by atoms with Crippen LogP contribution >= 0.6 is 0 Å². The van der Waals surface area contributed by atoms with Gasteiger partial charge in [-0.05, 0) is 25.0 Å². The van der Waals surface area contributed by atoms with Gasteiger partial charge in [-0.3, -0.25) is 4.98 Å². The number of nitrogens with zero attached hydrogens (tertiary/aromatic N) is 4. The van der Waals surface area contributed by atoms with E-state index in [1.54, 1.807) is 0 Å². The maximum absolute atomic E-state index is 5.88. The Morgan fingerprint density at radius 3 is 2.85 bits per heavy atom. The number of anilines is 2. The molecule has 3 rings (SSSR count). The summed E-state index contributed by atoms with van der Waals surface area (Å²) in [5, 5.41) is 0. The Bertz CT molecular complexity index is 580. The van der Waals surface area contributed by atoms with Crippen molar-refractivity contribution in [3.05, 3.63) is 42.0 Å². The lowest BCUT2D eigenvalue weighted by Crippen LogP contribution is -2.22. The standard InChI is InChI=1S/C15H19N5/c1-20(9-7-12-4-2-3-8-17-12)14-10-13(16)18-15(19-14)11-5-6-11/h2-4,8,10-11H,5-7,9H2,1H3,(H2,16,18,19). The molecule has 0 aromatic carbocycles. The average Bonchev–Trinajstić information content (AvgIpc) is 3.30. The molecular weight excluding hydrogens is 250 g/mol. The van der Waals surface area contributed by atoms with Gasteiger partial charge in [0.05, 0.1) is 0 Å². The third-order valence-corrected chi connectivity index (χ3v) is 3.51. The van der Waals surface area contributed by atoms with Gasteiger partial charge in [0.2, 0.25) is 0 Å². The third-order valence-electron chi connectivity index (χ3n) is 3.51. The van der Waals surface area contributed by atoms with Crippen LogP contribution in [0.1, 0.15) is 30.3 Å². The first kappa shape index (κ1) is 12.8. The smallest absolute Gasteiger partial charge is 0.136 e. The fraction of sp³-hybridized carbons (Fsp3) is 0.400. The first-order valence-electron chi connectivity index (χ1n) is 6.98. The van der Waals surface area contributed by atoms with Crippen molar-refractivity contribution in [1.82, 2.24) is 15.0 Å². The number of pyridine rings is 1. The first-order valence-corrected chi connectivity index (χ1v) is 6.98. The molecule has 0 aliphatic heterocycles. The molecule has 0 saturated heterocycles. The van der Waals surface area contributed by atoms with E-state index in [4.69, 9.17) is 5.73 Å². The predicted molar refractivity (Wildman–Crippen MR) is 79.6 cm³/mol. The number of likely N-dealkylation sites (N-methyl/N-ethyl adjacent to an activating group) is 1. The van der Waals surface area contributed by atoms with Crippen LogP contribution < -0.4 is 10.6 Å². The molecule has 0 radical (unpaired) electrons. The molecule has 2 N–H and O–H groups in total. The van der Waals surface area contributed by atoms with Crippen molar-refractivity contribution in [1.29, 1.82) is 0 Å². The highest BCUT2D eigenvalue weighted by Gasteiger charge is 2.27. The Kier molecular flexibility index (Phi) is 3.50. The van der Waals surface area contributed by atoms with Crippen LogP contribution in [0.5, 0.6) is 0 Å². The molecule has 0 unspecified atom stereocenters. The lowest BCUT2D eigenvalue weighted by atomic mass is 10.2. The van der Waals surface area contributed by atoms with E-state index in [1.165, 1.54) is 12.8 Å². The van der Waals surface area contributed by atoms with E-state index in [1.807, 2.05) is 37.5 Å². The molecule has 2 aromatic rings. The molecule has 20 heavy (non-hydrogen) atoms. The molecule has 0 atom stereocenters. The molecule has 5 nitrogen and oxygen atoms in total. The lowest BCUT2D eigenvalue weighted by Gasteiger charge is -2.18. The Hall–Kier alpha value is -2.17. The van der Waals surface area contributed by atoms with Crippen molar-refractivity contribution in [3.63, 3.8) is 0 Å². The van der Waals surface area contributed by atoms with E-state index in [0.29, 0.717) is 11.7 Å². The minimum Gasteiger partial charge on any atom is -0.384 e. The molecule has 1 saturated carbocycles. The van der Waals surface area contributed by atoms with Crippen LogP contribution in [0.4, 0.5) is 11.6 Å². The fourth-order valence-electron chi connectivity index (χ4n) is 2.13. The zero-order valence-electron chi connectivity index (χ0n) is 11.7. The Morgan fingerprint density at radius 1 is 1.30 bits per heavy atom. The van der Waals surface area contributed by atoms with Gasteiger partial charge in [0, 0.05) is 43.9 Å². The van der Waals surface area contributed by atoms with Gasteiger partial charge in [-0.15, -0.1) is 0 Å². The second-order valence-electron chi connectivity index (χ2n) is 5.28. The minimum absolute atomic E-state index is 0.515. The minimum atomic E-state index is 0.515. The molecule has 0 amide bonds. The van der Waals surface area contributed by atoms with E-state index >= 15 is 0 Å². The van der Waals surface area contributed by atoms with Crippen molar-refractivity contribution < 1.29 is 0 Å². The molecule has 5 heteroatoms. The number of nitrogen functional groups attached to an aromatic ring is 1. The topological polar surface area (TPSA) is 67.9 Å². The fourth-order valence-corrected chi connectivity index (χ4v) is 2.13. The van der Waals surface area contributed by atoms with Gasteiger partial charge in [-0.1, -0.05) is 6.07 Å². The highest BCUT2D eigenvalue weighted by molar-refractivity contribution is 5.47. The number of hydrogen-bond acceptors (Lipinski definition) is 5. The molecule has 1 aliphatic carbocycles. The van der Waals surface area contributed by atoms with Crippen molar-refractivity contribution in [2.24, 2.45) is 0 Å². The maximum atomic E-state index is 5.88. The van der Waals surface area contributed by atoms with Crippen molar-refractivity contribution >= 4 is 11.6 Å². The van der Waals surface area contributed by atoms with Crippen LogP contribution in [0.2, 0.25) is 0 Å². The van der Waals surface area contributed by atoms with Gasteiger partial charge in [-0.2, -0.15) is 0 Å². The molecule has 1 fully saturated rings. The monoisotopic (exact) mass is 269 g/mol. The highest BCUT2D eigenvalue weighted by atomic mass is 15.2. The van der Waals surface area contributed by atoms with Crippen molar-refractivity contribution in [2.75, 3.05) is 24.2 Å². The van der Waals surface area contributed by atoms with Crippen LogP contribution in [0.3, 0.4) is 0 Å². The number of hydrogen-bond donors (Lipinski definition) is 1. The molecule has 0 spiro atoms. The van der Waals surface area contributed by atoms with E-state index in [2.05, 4.69) is 19.9 Å². The lowest BCUT2D eigenvalue weighted by molar-refractivity contribution is 0.821. The second-order valence-corrected chi connectivity index (χ2v) is 5.28. The van der Waals surface area contributed by atoms with Crippen LogP contribution in [-0.4, -0.2) is 28.5 Å². The molecule has 2 aromatic heterocycles. The zero-order chi connectivity index (χ0) is 13.9. The summed E-state index contributed by atoms with van der Waals surface area (Å²) in [5.41, 5.74) is 6.97. The summed E-state index contributed by atoms with van der Waals surface area (Å²) in [6.07, 6.45) is 5.07. The van der Waals surface area contributed by atoms with Crippen LogP contribution in [0, 0.1) is 0 Å². The quantitative estimate of drug-likeness (QED) is 0.899. The summed E-state index contributed by atoms with van der Waals surface area (Å²) in [6, 6.07) is 7.82. The largest absolute Gasteiger partial charge is 0.384 e. The SMILES string of the molecule is CN(CCc1ccccn1)c1cc(N)nc(C2CC2)n1. The van der Waals surface area contributed by atoms with Crippen LogP contribution in [0.25, 0.3) is 0 Å². The summed E-state index contributed by atoms with van der Waals surface area (Å²) in [7, 11) is 2.03. The summed E-state index contributed by atoms with van der Waals surface area (Å²) in [5.74, 6) is 2.86. The Morgan fingerprint density at radius 2 is 2.15 bits per heavy atom. The van der Waals surface area contributed by atoms with Gasteiger partial charge < -0.3 is 10.6 Å².